The number of methoxy groups -OCH3 is 1. The Labute approximate surface area is 99.2 Å². The van der Waals surface area contributed by atoms with E-state index in [1.807, 2.05) is 0 Å². The molecule has 0 amide bonds. The average Bonchev–Trinajstić information content (AvgIpc) is 3.04. The molecule has 0 unspecified atom stereocenters. The molecule has 0 aliphatic heterocycles. The number of carbonyl (C=O) groups is 1. The van der Waals surface area contributed by atoms with Crippen molar-refractivity contribution < 1.29 is 19.0 Å². The molecule has 1 saturated carbocycles. The molecule has 0 bridgehead atoms. The minimum atomic E-state index is -0.942. The Kier molecular flexibility index (Phi) is 2.60. The van der Waals surface area contributed by atoms with Crippen LogP contribution in [0.1, 0.15) is 29.5 Å². The second-order valence-electron chi connectivity index (χ2n) is 4.60. The maximum absolute atomic E-state index is 13.7. The van der Waals surface area contributed by atoms with Crippen LogP contribution in [-0.2, 0) is 10.2 Å². The zero-order valence-corrected chi connectivity index (χ0v) is 10.1. The third-order valence-corrected chi connectivity index (χ3v) is 3.50. The van der Waals surface area contributed by atoms with E-state index in [1.165, 1.54) is 13.2 Å². The summed E-state index contributed by atoms with van der Waals surface area (Å²) in [6.45, 7) is 3.33. The van der Waals surface area contributed by atoms with Gasteiger partial charge in [-0.2, -0.15) is 0 Å². The number of halogens is 1. The molecule has 0 saturated heterocycles. The molecule has 0 atom stereocenters. The highest BCUT2D eigenvalue weighted by molar-refractivity contribution is 5.87. The van der Waals surface area contributed by atoms with Crippen molar-refractivity contribution in [1.29, 1.82) is 0 Å². The molecule has 3 nitrogen and oxygen atoms in total. The fourth-order valence-corrected chi connectivity index (χ4v) is 2.39. The number of hydrogen-bond donors (Lipinski definition) is 1. The van der Waals surface area contributed by atoms with E-state index in [0.29, 0.717) is 35.3 Å². The van der Waals surface area contributed by atoms with Crippen LogP contribution in [0.3, 0.4) is 0 Å². The summed E-state index contributed by atoms with van der Waals surface area (Å²) >= 11 is 0. The van der Waals surface area contributed by atoms with Gasteiger partial charge in [-0.1, -0.05) is 0 Å². The normalized spacial score (nSPS) is 16.7. The van der Waals surface area contributed by atoms with E-state index >= 15 is 0 Å². The first kappa shape index (κ1) is 11.9. The summed E-state index contributed by atoms with van der Waals surface area (Å²) in [7, 11) is 1.49. The number of benzene rings is 1. The number of aryl methyl sites for hydroxylation is 1. The van der Waals surface area contributed by atoms with E-state index in [4.69, 9.17) is 4.74 Å². The minimum absolute atomic E-state index is 0.370. The van der Waals surface area contributed by atoms with Gasteiger partial charge in [0.2, 0.25) is 0 Å². The lowest BCUT2D eigenvalue weighted by molar-refractivity contribution is -0.140. The lowest BCUT2D eigenvalue weighted by Gasteiger charge is -2.20. The van der Waals surface area contributed by atoms with Gasteiger partial charge in [0.15, 0.2) is 0 Å². The highest BCUT2D eigenvalue weighted by atomic mass is 19.1. The van der Waals surface area contributed by atoms with Crippen LogP contribution >= 0.6 is 0 Å². The molecule has 1 N–H and O–H groups in total. The summed E-state index contributed by atoms with van der Waals surface area (Å²) < 4.78 is 19.0. The molecule has 0 aromatic heterocycles. The molecule has 1 aromatic rings. The average molecular weight is 238 g/mol. The lowest BCUT2D eigenvalue weighted by atomic mass is 9.89. The first-order chi connectivity index (χ1) is 7.94. The first-order valence-corrected chi connectivity index (χ1v) is 5.51. The van der Waals surface area contributed by atoms with Gasteiger partial charge in [-0.3, -0.25) is 4.79 Å². The fourth-order valence-electron chi connectivity index (χ4n) is 2.39. The quantitative estimate of drug-likeness (QED) is 0.880. The molecule has 2 rings (SSSR count). The summed E-state index contributed by atoms with van der Waals surface area (Å²) in [5.74, 6) is -0.765. The number of ether oxygens (including phenoxy) is 1. The van der Waals surface area contributed by atoms with Crippen LogP contribution < -0.4 is 4.74 Å². The maximum Gasteiger partial charge on any atom is 0.314 e. The molecule has 1 fully saturated rings. The molecule has 0 radical (unpaired) electrons. The molecular weight excluding hydrogens is 223 g/mol. The van der Waals surface area contributed by atoms with E-state index < -0.39 is 11.4 Å². The summed E-state index contributed by atoms with van der Waals surface area (Å²) in [5.41, 5.74) is 0.581. The van der Waals surface area contributed by atoms with E-state index in [0.717, 1.165) is 0 Å². The van der Waals surface area contributed by atoms with Crippen molar-refractivity contribution in [1.82, 2.24) is 0 Å². The molecule has 1 aliphatic carbocycles. The van der Waals surface area contributed by atoms with Crippen molar-refractivity contribution in [3.63, 3.8) is 0 Å². The van der Waals surface area contributed by atoms with Gasteiger partial charge in [0.05, 0.1) is 12.5 Å². The van der Waals surface area contributed by atoms with Gasteiger partial charge in [-0.15, -0.1) is 0 Å². The van der Waals surface area contributed by atoms with Crippen LogP contribution in [0.2, 0.25) is 0 Å². The Bertz CT molecular complexity index is 490. The number of rotatable bonds is 3. The van der Waals surface area contributed by atoms with Gasteiger partial charge >= 0.3 is 5.97 Å². The first-order valence-electron chi connectivity index (χ1n) is 5.51. The molecule has 1 aromatic carbocycles. The van der Waals surface area contributed by atoms with Crippen molar-refractivity contribution in [3.8, 4) is 5.75 Å². The Hall–Kier alpha value is -1.58. The van der Waals surface area contributed by atoms with Crippen molar-refractivity contribution in [3.05, 3.63) is 28.6 Å². The molecule has 4 heteroatoms. The molecular formula is C13H15FO3. The minimum Gasteiger partial charge on any atom is -0.496 e. The Morgan fingerprint density at radius 3 is 2.47 bits per heavy atom. The molecule has 92 valence electrons. The van der Waals surface area contributed by atoms with Crippen molar-refractivity contribution >= 4 is 5.97 Å². The smallest absolute Gasteiger partial charge is 0.314 e. The summed E-state index contributed by atoms with van der Waals surface area (Å²) in [6.07, 6.45) is 1.09. The van der Waals surface area contributed by atoms with Crippen LogP contribution in [0, 0.1) is 19.7 Å². The second-order valence-corrected chi connectivity index (χ2v) is 4.60. The standard InChI is InChI=1S/C13H15FO3/c1-7-6-9(14)8(2)10(11(7)17-3)13(4-5-13)12(15)16/h6H,4-5H2,1-3H3,(H,15,16). The van der Waals surface area contributed by atoms with Gasteiger partial charge in [-0.05, 0) is 43.9 Å². The van der Waals surface area contributed by atoms with Crippen LogP contribution in [0.25, 0.3) is 0 Å². The van der Waals surface area contributed by atoms with E-state index in [9.17, 15) is 14.3 Å². The maximum atomic E-state index is 13.7. The fraction of sp³-hybridized carbons (Fsp3) is 0.462. The van der Waals surface area contributed by atoms with Crippen molar-refractivity contribution in [2.24, 2.45) is 0 Å². The summed E-state index contributed by atoms with van der Waals surface area (Å²) in [4.78, 5) is 11.3. The molecule has 1 aliphatic rings. The van der Waals surface area contributed by atoms with Crippen LogP contribution in [-0.4, -0.2) is 18.2 Å². The van der Waals surface area contributed by atoms with Crippen molar-refractivity contribution in [2.75, 3.05) is 7.11 Å². The van der Waals surface area contributed by atoms with E-state index in [2.05, 4.69) is 0 Å². The van der Waals surface area contributed by atoms with Gasteiger partial charge in [-0.25, -0.2) is 4.39 Å². The zero-order chi connectivity index (χ0) is 12.8. The predicted molar refractivity (Wildman–Crippen MR) is 61.0 cm³/mol. The van der Waals surface area contributed by atoms with Crippen LogP contribution in [0.15, 0.2) is 6.07 Å². The third-order valence-electron chi connectivity index (χ3n) is 3.50. The Balaban J connectivity index is 2.71. The number of hydrogen-bond acceptors (Lipinski definition) is 2. The van der Waals surface area contributed by atoms with Gasteiger partial charge in [0.1, 0.15) is 11.6 Å². The largest absolute Gasteiger partial charge is 0.496 e. The summed E-state index contributed by atoms with van der Waals surface area (Å²) in [5, 5.41) is 9.31. The highest BCUT2D eigenvalue weighted by Gasteiger charge is 2.54. The Morgan fingerprint density at radius 1 is 1.47 bits per heavy atom. The third kappa shape index (κ3) is 1.59. The van der Waals surface area contributed by atoms with Crippen molar-refractivity contribution in [2.45, 2.75) is 32.1 Å². The molecule has 0 heterocycles. The molecule has 0 spiro atoms. The number of carboxylic acids is 1. The topological polar surface area (TPSA) is 46.5 Å². The van der Waals surface area contributed by atoms with Crippen LogP contribution in [0.5, 0.6) is 5.75 Å². The monoisotopic (exact) mass is 238 g/mol. The van der Waals surface area contributed by atoms with Gasteiger partial charge < -0.3 is 9.84 Å². The second kappa shape index (κ2) is 3.72. The highest BCUT2D eigenvalue weighted by Crippen LogP contribution is 2.53. The van der Waals surface area contributed by atoms with Gasteiger partial charge in [0, 0.05) is 5.56 Å². The zero-order valence-electron chi connectivity index (χ0n) is 10.1. The van der Waals surface area contributed by atoms with Crippen LogP contribution in [0.4, 0.5) is 4.39 Å². The SMILES string of the molecule is COc1c(C)cc(F)c(C)c1C1(C(=O)O)CC1. The van der Waals surface area contributed by atoms with E-state index in [-0.39, 0.29) is 5.82 Å². The molecule has 17 heavy (non-hydrogen) atoms. The number of aliphatic carboxylic acids is 1. The predicted octanol–water partition coefficient (Wildman–Crippen LogP) is 2.57. The number of carboxylic acid groups (broad SMARTS) is 1. The van der Waals surface area contributed by atoms with Gasteiger partial charge in [0.25, 0.3) is 0 Å². The Morgan fingerprint density at radius 2 is 2.06 bits per heavy atom. The van der Waals surface area contributed by atoms with E-state index in [1.54, 1.807) is 13.8 Å². The lowest BCUT2D eigenvalue weighted by Crippen LogP contribution is -2.22. The summed E-state index contributed by atoms with van der Waals surface area (Å²) in [6, 6.07) is 1.38.